The molecule has 0 unspecified atom stereocenters. The maximum atomic E-state index is 13.6. The van der Waals surface area contributed by atoms with E-state index in [0.29, 0.717) is 56.9 Å². The molecular weight excluding hydrogens is 432 g/mol. The molecule has 1 aromatic carbocycles. The Labute approximate surface area is 199 Å². The summed E-state index contributed by atoms with van der Waals surface area (Å²) in [5.74, 6) is 0.792. The molecule has 0 saturated carbocycles. The van der Waals surface area contributed by atoms with Gasteiger partial charge in [-0.15, -0.1) is 0 Å². The van der Waals surface area contributed by atoms with E-state index in [1.54, 1.807) is 19.2 Å². The monoisotopic (exact) mass is 464 g/mol. The van der Waals surface area contributed by atoms with Crippen molar-refractivity contribution >= 4 is 11.9 Å². The number of aromatic hydroxyl groups is 1. The Kier molecular flexibility index (Phi) is 5.34. The molecule has 2 saturated heterocycles. The van der Waals surface area contributed by atoms with Crippen LogP contribution in [0.1, 0.15) is 52.6 Å². The van der Waals surface area contributed by atoms with Crippen molar-refractivity contribution in [2.24, 2.45) is 0 Å². The average Bonchev–Trinajstić information content (AvgIpc) is 3.15. The summed E-state index contributed by atoms with van der Waals surface area (Å²) in [6.07, 6.45) is 4.16. The molecule has 2 fully saturated rings. The lowest BCUT2D eigenvalue weighted by molar-refractivity contribution is 0.0570. The minimum atomic E-state index is -0.430. The van der Waals surface area contributed by atoms with Crippen molar-refractivity contribution in [2.45, 2.75) is 52.1 Å². The highest BCUT2D eigenvalue weighted by molar-refractivity contribution is 5.94. The Morgan fingerprint density at radius 3 is 2.56 bits per heavy atom. The maximum Gasteiger partial charge on any atom is 0.325 e. The second-order valence-corrected chi connectivity index (χ2v) is 9.53. The SMILES string of the molecule is CCN1C(=O)N2Cc3cc(O)cc(OC)c3CC=C2C12CCN(C(=O)c1[nH]c(C)cc1C)CC2. The van der Waals surface area contributed by atoms with Gasteiger partial charge in [-0.05, 0) is 63.3 Å². The highest BCUT2D eigenvalue weighted by atomic mass is 16.5. The number of carbonyl (C=O) groups excluding carboxylic acids is 2. The molecule has 5 rings (SSSR count). The van der Waals surface area contributed by atoms with Gasteiger partial charge in [-0.2, -0.15) is 0 Å². The van der Waals surface area contributed by atoms with Crippen molar-refractivity contribution in [2.75, 3.05) is 26.7 Å². The number of fused-ring (bicyclic) bond motifs is 3. The molecular formula is C26H32N4O4. The summed E-state index contributed by atoms with van der Waals surface area (Å²) in [6.45, 7) is 8.09. The number of likely N-dealkylation sites (tertiary alicyclic amines) is 1. The molecule has 4 heterocycles. The van der Waals surface area contributed by atoms with Crippen LogP contribution in [0.3, 0.4) is 0 Å². The van der Waals surface area contributed by atoms with E-state index >= 15 is 0 Å². The van der Waals surface area contributed by atoms with Gasteiger partial charge in [-0.1, -0.05) is 6.08 Å². The first kappa shape index (κ1) is 22.4. The number of carbonyl (C=O) groups is 2. The number of nitrogens with one attached hydrogen (secondary N) is 1. The second-order valence-electron chi connectivity index (χ2n) is 9.53. The number of hydrogen-bond acceptors (Lipinski definition) is 4. The van der Waals surface area contributed by atoms with E-state index in [0.717, 1.165) is 28.1 Å². The highest BCUT2D eigenvalue weighted by Crippen LogP contribution is 2.46. The van der Waals surface area contributed by atoms with Crippen LogP contribution in [-0.2, 0) is 13.0 Å². The Bertz CT molecular complexity index is 1190. The largest absolute Gasteiger partial charge is 0.508 e. The smallest absolute Gasteiger partial charge is 0.325 e. The third-order valence-electron chi connectivity index (χ3n) is 7.64. The Hall–Kier alpha value is -3.42. The van der Waals surface area contributed by atoms with E-state index in [2.05, 4.69) is 11.1 Å². The first-order valence-corrected chi connectivity index (χ1v) is 11.9. The van der Waals surface area contributed by atoms with Crippen LogP contribution in [0.15, 0.2) is 30.0 Å². The van der Waals surface area contributed by atoms with Gasteiger partial charge in [-0.3, -0.25) is 9.69 Å². The number of ether oxygens (including phenoxy) is 1. The van der Waals surface area contributed by atoms with E-state index in [1.807, 2.05) is 41.5 Å². The molecule has 2 N–H and O–H groups in total. The van der Waals surface area contributed by atoms with E-state index in [9.17, 15) is 14.7 Å². The van der Waals surface area contributed by atoms with Crippen LogP contribution in [0.5, 0.6) is 11.5 Å². The summed E-state index contributed by atoms with van der Waals surface area (Å²) in [5.41, 5.74) is 5.07. The molecule has 0 atom stereocenters. The number of amides is 3. The quantitative estimate of drug-likeness (QED) is 0.725. The van der Waals surface area contributed by atoms with Crippen molar-refractivity contribution in [3.8, 4) is 11.5 Å². The van der Waals surface area contributed by atoms with Crippen LogP contribution >= 0.6 is 0 Å². The zero-order chi connectivity index (χ0) is 24.2. The fourth-order valence-corrected chi connectivity index (χ4v) is 6.04. The van der Waals surface area contributed by atoms with Gasteiger partial charge in [0, 0.05) is 42.7 Å². The summed E-state index contributed by atoms with van der Waals surface area (Å²) in [7, 11) is 1.60. The van der Waals surface area contributed by atoms with Crippen molar-refractivity contribution in [3.63, 3.8) is 0 Å². The molecule has 0 aliphatic carbocycles. The minimum absolute atomic E-state index is 0.0143. The van der Waals surface area contributed by atoms with Gasteiger partial charge in [0.15, 0.2) is 0 Å². The number of methoxy groups -OCH3 is 1. The van der Waals surface area contributed by atoms with Gasteiger partial charge in [0.05, 0.1) is 19.2 Å². The number of aryl methyl sites for hydroxylation is 2. The van der Waals surface area contributed by atoms with E-state index in [1.165, 1.54) is 0 Å². The van der Waals surface area contributed by atoms with Crippen LogP contribution in [0.4, 0.5) is 4.79 Å². The number of allylic oxidation sites excluding steroid dienone is 1. The first-order chi connectivity index (χ1) is 16.3. The second kappa shape index (κ2) is 8.11. The van der Waals surface area contributed by atoms with E-state index in [4.69, 9.17) is 4.74 Å². The predicted molar refractivity (Wildman–Crippen MR) is 128 cm³/mol. The number of urea groups is 1. The lowest BCUT2D eigenvalue weighted by Crippen LogP contribution is -2.54. The van der Waals surface area contributed by atoms with Crippen LogP contribution in [0.2, 0.25) is 0 Å². The number of rotatable bonds is 3. The van der Waals surface area contributed by atoms with Crippen molar-refractivity contribution in [3.05, 3.63) is 58.1 Å². The Morgan fingerprint density at radius 1 is 1.21 bits per heavy atom. The summed E-state index contributed by atoms with van der Waals surface area (Å²) in [4.78, 5) is 35.7. The summed E-state index contributed by atoms with van der Waals surface area (Å²) in [6, 6.07) is 5.33. The highest BCUT2D eigenvalue weighted by Gasteiger charge is 2.54. The molecule has 1 spiro atoms. The number of nitrogens with zero attached hydrogens (tertiary/aromatic N) is 3. The van der Waals surface area contributed by atoms with Crippen LogP contribution in [-0.4, -0.2) is 69.0 Å². The number of likely N-dealkylation sites (N-methyl/N-ethyl adjacent to an activating group) is 1. The number of phenolic OH excluding ortho intramolecular Hbond substituents is 1. The van der Waals surface area contributed by atoms with E-state index < -0.39 is 5.54 Å². The lowest BCUT2D eigenvalue weighted by Gasteiger charge is -2.44. The van der Waals surface area contributed by atoms with Gasteiger partial charge in [0.1, 0.15) is 17.2 Å². The van der Waals surface area contributed by atoms with E-state index in [-0.39, 0.29) is 17.7 Å². The minimum Gasteiger partial charge on any atom is -0.508 e. The van der Waals surface area contributed by atoms with Gasteiger partial charge >= 0.3 is 6.03 Å². The molecule has 3 aliphatic heterocycles. The lowest BCUT2D eigenvalue weighted by atomic mass is 9.83. The average molecular weight is 465 g/mol. The van der Waals surface area contributed by atoms with Crippen molar-refractivity contribution < 1.29 is 19.4 Å². The van der Waals surface area contributed by atoms with Crippen molar-refractivity contribution in [1.82, 2.24) is 19.7 Å². The zero-order valence-electron chi connectivity index (χ0n) is 20.3. The molecule has 3 amide bonds. The molecule has 8 heteroatoms. The van der Waals surface area contributed by atoms with Gasteiger partial charge in [0.2, 0.25) is 0 Å². The fourth-order valence-electron chi connectivity index (χ4n) is 6.04. The number of H-pyrrole nitrogens is 1. The third-order valence-corrected chi connectivity index (χ3v) is 7.64. The van der Waals surface area contributed by atoms with Crippen LogP contribution < -0.4 is 4.74 Å². The fraction of sp³-hybridized carbons (Fsp3) is 0.462. The van der Waals surface area contributed by atoms with Crippen molar-refractivity contribution in [1.29, 1.82) is 0 Å². The molecule has 8 nitrogen and oxygen atoms in total. The number of benzene rings is 1. The molecule has 1 aromatic heterocycles. The van der Waals surface area contributed by atoms with Crippen LogP contribution in [0, 0.1) is 13.8 Å². The van der Waals surface area contributed by atoms with Gasteiger partial charge in [0.25, 0.3) is 5.91 Å². The number of phenols is 1. The van der Waals surface area contributed by atoms with Crippen LogP contribution in [0.25, 0.3) is 0 Å². The normalized spacial score (nSPS) is 19.1. The molecule has 34 heavy (non-hydrogen) atoms. The Balaban J connectivity index is 1.45. The number of aromatic amines is 1. The topological polar surface area (TPSA) is 89.1 Å². The molecule has 3 aliphatic rings. The maximum absolute atomic E-state index is 13.6. The summed E-state index contributed by atoms with van der Waals surface area (Å²) in [5, 5.41) is 10.2. The Morgan fingerprint density at radius 2 is 1.94 bits per heavy atom. The predicted octanol–water partition coefficient (Wildman–Crippen LogP) is 3.72. The zero-order valence-corrected chi connectivity index (χ0v) is 20.3. The molecule has 0 bridgehead atoms. The number of aromatic nitrogens is 1. The molecule has 2 aromatic rings. The summed E-state index contributed by atoms with van der Waals surface area (Å²) < 4.78 is 5.52. The third kappa shape index (κ3) is 3.27. The first-order valence-electron chi connectivity index (χ1n) is 11.9. The van der Waals surface area contributed by atoms with Gasteiger partial charge < -0.3 is 24.6 Å². The van der Waals surface area contributed by atoms with Gasteiger partial charge in [-0.25, -0.2) is 4.79 Å². The molecule has 0 radical (unpaired) electrons. The standard InChI is InChI=1S/C26H32N4O4/c1-5-30-25(33)29-15-18-13-19(31)14-21(34-4)20(18)6-7-22(29)26(30)8-10-28(11-9-26)24(32)23-16(2)12-17(3)27-23/h7,12-14,27,31H,5-6,8-11,15H2,1-4H3. The number of hydrogen-bond donors (Lipinski definition) is 2. The molecule has 180 valence electrons. The number of piperidine rings is 1. The summed E-state index contributed by atoms with van der Waals surface area (Å²) >= 11 is 0.